The van der Waals surface area contributed by atoms with Gasteiger partial charge in [0, 0.05) is 4.47 Å². The predicted octanol–water partition coefficient (Wildman–Crippen LogP) is 5.14. The smallest absolute Gasteiger partial charge is 0.0739 e. The normalized spacial score (nSPS) is 10.6. The number of aliphatic carboxylic acids is 1. The Morgan fingerprint density at radius 3 is 1.74 bits per heavy atom. The number of rotatable bonds is 14. The highest BCUT2D eigenvalue weighted by Gasteiger charge is 1.92. The zero-order valence-electron chi connectivity index (χ0n) is 17.1. The van der Waals surface area contributed by atoms with Crippen LogP contribution in [0.2, 0.25) is 0 Å². The number of benzene rings is 1. The number of quaternary nitrogens is 1. The van der Waals surface area contributed by atoms with Crippen LogP contribution in [0.1, 0.15) is 89.5 Å². The van der Waals surface area contributed by atoms with E-state index in [4.69, 9.17) is 0 Å². The van der Waals surface area contributed by atoms with Gasteiger partial charge in [0.15, 0.2) is 0 Å². The van der Waals surface area contributed by atoms with Gasteiger partial charge in [0.25, 0.3) is 0 Å². The van der Waals surface area contributed by atoms with Crippen molar-refractivity contribution in [1.82, 2.24) is 0 Å². The molecule has 3 nitrogen and oxygen atoms in total. The monoisotopic (exact) mass is 439 g/mol. The molecule has 0 saturated heterocycles. The Morgan fingerprint density at radius 2 is 1.33 bits per heavy atom. The molecular formula is C23H38BrNO2. The van der Waals surface area contributed by atoms with Crippen LogP contribution >= 0.6 is 15.9 Å². The highest BCUT2D eigenvalue weighted by atomic mass is 79.9. The van der Waals surface area contributed by atoms with E-state index in [1.165, 1.54) is 83.1 Å². The number of carbonyl (C=O) groups is 1. The lowest BCUT2D eigenvalue weighted by Crippen LogP contribution is -2.50. The lowest BCUT2D eigenvalue weighted by atomic mass is 10.1. The second kappa shape index (κ2) is 19.6. The average Bonchev–Trinajstić information content (AvgIpc) is 2.66. The lowest BCUT2D eigenvalue weighted by Gasteiger charge is -2.01. The number of carbonyl (C=O) groups excluding carboxylic acids is 1. The molecule has 0 aromatic heterocycles. The molecule has 1 rings (SSSR count). The molecule has 0 amide bonds. The fourth-order valence-electron chi connectivity index (χ4n) is 2.76. The number of halogens is 1. The predicted molar refractivity (Wildman–Crippen MR) is 117 cm³/mol. The molecule has 27 heavy (non-hydrogen) atoms. The minimum atomic E-state index is -1.18. The highest BCUT2D eigenvalue weighted by molar-refractivity contribution is 9.10. The number of carboxylic acids is 1. The van der Waals surface area contributed by atoms with Crippen LogP contribution in [0.4, 0.5) is 0 Å². The Labute approximate surface area is 174 Å². The fourth-order valence-corrected chi connectivity index (χ4v) is 3.02. The maximum Gasteiger partial charge on any atom is 0.0739 e. The van der Waals surface area contributed by atoms with E-state index in [2.05, 4.69) is 28.6 Å². The van der Waals surface area contributed by atoms with E-state index in [1.807, 2.05) is 24.3 Å². The van der Waals surface area contributed by atoms with Gasteiger partial charge in [0.2, 0.25) is 0 Å². The molecule has 0 spiro atoms. The zero-order chi connectivity index (χ0) is 20.2. The van der Waals surface area contributed by atoms with Gasteiger partial charge in [-0.3, -0.25) is 0 Å². The van der Waals surface area contributed by atoms with E-state index >= 15 is 0 Å². The van der Waals surface area contributed by atoms with Crippen LogP contribution < -0.4 is 10.8 Å². The molecule has 0 bridgehead atoms. The van der Waals surface area contributed by atoms with Gasteiger partial charge in [0.1, 0.15) is 0 Å². The molecule has 0 aliphatic carbocycles. The van der Waals surface area contributed by atoms with Crippen molar-refractivity contribution < 1.29 is 15.6 Å². The van der Waals surface area contributed by atoms with Crippen molar-refractivity contribution in [3.63, 3.8) is 0 Å². The molecule has 0 radical (unpaired) electrons. The van der Waals surface area contributed by atoms with Crippen LogP contribution in [-0.4, -0.2) is 12.5 Å². The van der Waals surface area contributed by atoms with Gasteiger partial charge in [-0.15, -0.1) is 0 Å². The van der Waals surface area contributed by atoms with Gasteiger partial charge < -0.3 is 15.6 Å². The third-order valence-corrected chi connectivity index (χ3v) is 4.91. The van der Waals surface area contributed by atoms with Crippen LogP contribution in [0.15, 0.2) is 34.8 Å². The quantitative estimate of drug-likeness (QED) is 0.321. The number of hydrogen-bond acceptors (Lipinski definition) is 2. The van der Waals surface area contributed by atoms with Crippen molar-refractivity contribution in [1.29, 1.82) is 0 Å². The van der Waals surface area contributed by atoms with E-state index in [0.29, 0.717) is 0 Å². The number of unbranched alkanes of at least 4 members (excludes halogenated alkanes) is 11. The lowest BCUT2D eigenvalue weighted by molar-refractivity contribution is -0.368. The molecule has 0 aliphatic heterocycles. The summed E-state index contributed by atoms with van der Waals surface area (Å²) >= 11 is 3.27. The molecule has 4 heteroatoms. The van der Waals surface area contributed by atoms with Crippen molar-refractivity contribution in [2.75, 3.05) is 6.54 Å². The van der Waals surface area contributed by atoms with E-state index in [-0.39, 0.29) is 0 Å². The topological polar surface area (TPSA) is 67.8 Å². The molecule has 1 aromatic rings. The van der Waals surface area contributed by atoms with E-state index in [9.17, 15) is 9.90 Å². The van der Waals surface area contributed by atoms with Crippen LogP contribution in [0.5, 0.6) is 0 Å². The van der Waals surface area contributed by atoms with Crippen LogP contribution in [0.25, 0.3) is 6.08 Å². The van der Waals surface area contributed by atoms with Gasteiger partial charge in [-0.05, 0) is 36.6 Å². The van der Waals surface area contributed by atoms with Crippen molar-refractivity contribution in [2.45, 2.75) is 84.0 Å². The summed E-state index contributed by atoms with van der Waals surface area (Å²) in [5.41, 5.74) is 4.70. The Balaban J connectivity index is 0.000000511. The summed E-state index contributed by atoms with van der Waals surface area (Å²) in [6.45, 7) is 3.41. The molecule has 0 aliphatic rings. The summed E-state index contributed by atoms with van der Waals surface area (Å²) in [5, 5.41) is 10.0. The molecular weight excluding hydrogens is 402 g/mol. The zero-order valence-corrected chi connectivity index (χ0v) is 18.6. The summed E-state index contributed by atoms with van der Waals surface area (Å²) in [7, 11) is 0. The maximum absolute atomic E-state index is 10.0. The van der Waals surface area contributed by atoms with E-state index in [0.717, 1.165) is 22.7 Å². The summed E-state index contributed by atoms with van der Waals surface area (Å²) in [5.74, 6) is -1.18. The largest absolute Gasteiger partial charge is 0.545 e. The van der Waals surface area contributed by atoms with Crippen molar-refractivity contribution in [3.8, 4) is 0 Å². The Kier molecular flexibility index (Phi) is 18.8. The molecule has 0 atom stereocenters. The summed E-state index contributed by atoms with van der Waals surface area (Å²) in [4.78, 5) is 10.0. The second-order valence-corrected chi connectivity index (χ2v) is 7.86. The van der Waals surface area contributed by atoms with Crippen LogP contribution in [0.3, 0.4) is 0 Å². The standard InChI is InChI=1S/C14H31N.C9H7BrO2/c1-2-3-4-5-6-7-8-9-10-11-12-13-14-15;10-8-4-1-7(2-5-8)3-6-9(11)12/h2-15H2,1H3;1-6H,(H,11,12)/b;6-3+. The van der Waals surface area contributed by atoms with Crippen LogP contribution in [0, 0.1) is 0 Å². The van der Waals surface area contributed by atoms with E-state index in [1.54, 1.807) is 0 Å². The van der Waals surface area contributed by atoms with Gasteiger partial charge in [0.05, 0.1) is 12.5 Å². The first kappa shape index (κ1) is 25.9. The van der Waals surface area contributed by atoms with Crippen LogP contribution in [-0.2, 0) is 4.79 Å². The van der Waals surface area contributed by atoms with Gasteiger partial charge >= 0.3 is 0 Å². The highest BCUT2D eigenvalue weighted by Crippen LogP contribution is 2.12. The molecule has 154 valence electrons. The second-order valence-electron chi connectivity index (χ2n) is 6.95. The maximum atomic E-state index is 10.0. The first-order chi connectivity index (χ1) is 13.1. The Bertz CT molecular complexity index is 474. The van der Waals surface area contributed by atoms with Gasteiger partial charge in [-0.25, -0.2) is 0 Å². The first-order valence-corrected chi connectivity index (χ1v) is 11.3. The minimum absolute atomic E-state index is 0.836. The average molecular weight is 440 g/mol. The summed E-state index contributed by atoms with van der Waals surface area (Å²) < 4.78 is 0.966. The minimum Gasteiger partial charge on any atom is -0.545 e. The Morgan fingerprint density at radius 1 is 0.889 bits per heavy atom. The Hall–Kier alpha value is -1.13. The number of carboxylic acid groups (broad SMARTS) is 1. The molecule has 3 N–H and O–H groups in total. The van der Waals surface area contributed by atoms with Crippen molar-refractivity contribution in [2.24, 2.45) is 0 Å². The fraction of sp³-hybridized carbons (Fsp3) is 0.609. The molecule has 1 aromatic carbocycles. The molecule has 0 fully saturated rings. The van der Waals surface area contributed by atoms with Gasteiger partial charge in [-0.1, -0.05) is 105 Å². The molecule has 0 unspecified atom stereocenters. The summed E-state index contributed by atoms with van der Waals surface area (Å²) in [6, 6.07) is 7.30. The third-order valence-electron chi connectivity index (χ3n) is 4.39. The van der Waals surface area contributed by atoms with Gasteiger partial charge in [-0.2, -0.15) is 0 Å². The summed E-state index contributed by atoms with van der Waals surface area (Å²) in [6.07, 6.45) is 19.7. The SMILES string of the molecule is CCCCCCCCCCCCCC[NH3+].O=C([O-])/C=C/c1ccc(Br)cc1. The third kappa shape index (κ3) is 19.4. The van der Waals surface area contributed by atoms with E-state index < -0.39 is 5.97 Å². The molecule has 0 saturated carbocycles. The van der Waals surface area contributed by atoms with Crippen molar-refractivity contribution >= 4 is 28.0 Å². The number of hydrogen-bond donors (Lipinski definition) is 1. The molecule has 0 heterocycles. The van der Waals surface area contributed by atoms with Crippen molar-refractivity contribution in [3.05, 3.63) is 40.4 Å². The first-order valence-electron chi connectivity index (χ1n) is 10.5.